The van der Waals surface area contributed by atoms with Crippen molar-refractivity contribution in [3.8, 4) is 0 Å². The molecule has 0 atom stereocenters. The highest BCUT2D eigenvalue weighted by Gasteiger charge is 2.47. The van der Waals surface area contributed by atoms with Crippen LogP contribution in [0.2, 0.25) is 0 Å². The maximum Gasteiger partial charge on any atom is 0.471 e. The van der Waals surface area contributed by atoms with Crippen LogP contribution in [0.5, 0.6) is 0 Å². The van der Waals surface area contributed by atoms with Crippen molar-refractivity contribution >= 4 is 18.3 Å². The van der Waals surface area contributed by atoms with Crippen LogP contribution in [0.4, 0.5) is 13.2 Å². The molecule has 0 spiro atoms. The molecule has 2 N–H and O–H groups in total. The van der Waals surface area contributed by atoms with E-state index in [1.54, 1.807) is 0 Å². The lowest BCUT2D eigenvalue weighted by molar-refractivity contribution is -0.188. The Bertz CT molecular complexity index is 313. The number of β-amino-alcohol motifs (C(OH)–C–C–N with tert-alkyl or cyclic N) is 1. The van der Waals surface area contributed by atoms with Crippen LogP contribution in [0.1, 0.15) is 12.8 Å². The molecular weight excluding hydrogens is 273 g/mol. The Labute approximate surface area is 109 Å². The number of piperidine rings is 1. The zero-order valence-corrected chi connectivity index (χ0v) is 10.5. The van der Waals surface area contributed by atoms with Gasteiger partial charge in [0.2, 0.25) is 0 Å². The lowest BCUT2D eigenvalue weighted by atomic mass is 9.77. The number of hydrogen-bond donors (Lipinski definition) is 2. The molecule has 4 nitrogen and oxygen atoms in total. The summed E-state index contributed by atoms with van der Waals surface area (Å²) in [5.74, 6) is -1.78. The first-order chi connectivity index (χ1) is 7.83. The van der Waals surface area contributed by atoms with Crippen molar-refractivity contribution < 1.29 is 23.1 Å². The quantitative estimate of drug-likeness (QED) is 0.741. The van der Waals surface area contributed by atoms with Gasteiger partial charge in [-0.15, -0.1) is 12.4 Å². The van der Waals surface area contributed by atoms with Crippen LogP contribution >= 0.6 is 12.4 Å². The van der Waals surface area contributed by atoms with Gasteiger partial charge in [-0.2, -0.15) is 13.2 Å². The lowest BCUT2D eigenvalue weighted by Crippen LogP contribution is -2.65. The Morgan fingerprint density at radius 2 is 1.78 bits per heavy atom. The number of rotatable bonds is 1. The van der Waals surface area contributed by atoms with Crippen molar-refractivity contribution in [1.29, 1.82) is 0 Å². The summed E-state index contributed by atoms with van der Waals surface area (Å²) in [6.45, 7) is 1.13. The van der Waals surface area contributed by atoms with E-state index in [1.165, 1.54) is 0 Å². The van der Waals surface area contributed by atoms with E-state index in [0.29, 0.717) is 25.9 Å². The van der Waals surface area contributed by atoms with Crippen LogP contribution in [0, 0.1) is 5.92 Å². The third-order valence-corrected chi connectivity index (χ3v) is 3.65. The van der Waals surface area contributed by atoms with Crippen LogP contribution in [-0.2, 0) is 4.79 Å². The van der Waals surface area contributed by atoms with E-state index in [9.17, 15) is 23.1 Å². The van der Waals surface area contributed by atoms with Crippen LogP contribution in [0.25, 0.3) is 0 Å². The summed E-state index contributed by atoms with van der Waals surface area (Å²) in [7, 11) is 0. The Hall–Kier alpha value is -0.530. The van der Waals surface area contributed by atoms with E-state index < -0.39 is 17.7 Å². The summed E-state index contributed by atoms with van der Waals surface area (Å²) in [5.41, 5.74) is -0.784. The van der Waals surface area contributed by atoms with Gasteiger partial charge in [-0.3, -0.25) is 4.79 Å². The normalized spacial score (nSPS) is 24.1. The second kappa shape index (κ2) is 5.22. The maximum absolute atomic E-state index is 12.2. The molecule has 8 heteroatoms. The van der Waals surface area contributed by atoms with Gasteiger partial charge in [-0.05, 0) is 18.8 Å². The first-order valence-corrected chi connectivity index (χ1v) is 5.62. The number of nitrogens with one attached hydrogen (secondary N) is 1. The van der Waals surface area contributed by atoms with Crippen molar-refractivity contribution in [3.05, 3.63) is 0 Å². The number of aliphatic hydroxyl groups is 1. The van der Waals surface area contributed by atoms with Gasteiger partial charge in [-0.1, -0.05) is 0 Å². The molecule has 0 bridgehead atoms. The third-order valence-electron chi connectivity index (χ3n) is 3.65. The molecule has 0 aliphatic carbocycles. The number of alkyl halides is 3. The molecular formula is C10H16ClF3N2O2. The predicted molar refractivity (Wildman–Crippen MR) is 60.4 cm³/mol. The molecule has 2 heterocycles. The molecule has 0 aromatic rings. The third kappa shape index (κ3) is 2.89. The Kier molecular flexibility index (Phi) is 4.51. The highest BCUT2D eigenvalue weighted by Crippen LogP contribution is 2.32. The summed E-state index contributed by atoms with van der Waals surface area (Å²) in [6, 6.07) is 0. The van der Waals surface area contributed by atoms with Gasteiger partial charge in [0.15, 0.2) is 0 Å². The number of halogens is 4. The Morgan fingerprint density at radius 3 is 2.11 bits per heavy atom. The van der Waals surface area contributed by atoms with Crippen LogP contribution in [0.3, 0.4) is 0 Å². The van der Waals surface area contributed by atoms with Crippen molar-refractivity contribution in [2.24, 2.45) is 5.92 Å². The number of carbonyl (C=O) groups excluding carboxylic acids is 1. The Balaban J connectivity index is 0.00000162. The number of nitrogens with zero attached hydrogens (tertiary/aromatic N) is 1. The van der Waals surface area contributed by atoms with Crippen LogP contribution < -0.4 is 5.32 Å². The first kappa shape index (κ1) is 15.5. The number of likely N-dealkylation sites (tertiary alicyclic amines) is 1. The fraction of sp³-hybridized carbons (Fsp3) is 0.900. The molecule has 0 radical (unpaired) electrons. The number of carbonyl (C=O) groups is 1. The molecule has 0 saturated carbocycles. The fourth-order valence-electron chi connectivity index (χ4n) is 2.47. The van der Waals surface area contributed by atoms with E-state index in [4.69, 9.17) is 0 Å². The SMILES string of the molecule is Cl.O=C(N1CCC(C2(O)CNC2)CC1)C(F)(F)F. The second-order valence-corrected chi connectivity index (χ2v) is 4.77. The van der Waals surface area contributed by atoms with Crippen LogP contribution in [0.15, 0.2) is 0 Å². The Morgan fingerprint density at radius 1 is 1.28 bits per heavy atom. The van der Waals surface area contributed by atoms with Crippen molar-refractivity contribution in [2.45, 2.75) is 24.6 Å². The maximum atomic E-state index is 12.2. The largest absolute Gasteiger partial charge is 0.471 e. The monoisotopic (exact) mass is 288 g/mol. The summed E-state index contributed by atoms with van der Waals surface area (Å²) >= 11 is 0. The molecule has 0 unspecified atom stereocenters. The average Bonchev–Trinajstić information content (AvgIpc) is 2.24. The van der Waals surface area contributed by atoms with Crippen molar-refractivity contribution in [1.82, 2.24) is 10.2 Å². The molecule has 2 fully saturated rings. The summed E-state index contributed by atoms with van der Waals surface area (Å²) in [4.78, 5) is 11.8. The lowest BCUT2D eigenvalue weighted by Gasteiger charge is -2.47. The topological polar surface area (TPSA) is 52.6 Å². The van der Waals surface area contributed by atoms with Gasteiger partial charge in [0.25, 0.3) is 0 Å². The molecule has 2 aliphatic heterocycles. The van der Waals surface area contributed by atoms with E-state index in [2.05, 4.69) is 5.32 Å². The van der Waals surface area contributed by atoms with Gasteiger partial charge < -0.3 is 15.3 Å². The highest BCUT2D eigenvalue weighted by atomic mass is 35.5. The molecule has 2 saturated heterocycles. The van der Waals surface area contributed by atoms with E-state index >= 15 is 0 Å². The van der Waals surface area contributed by atoms with Gasteiger partial charge in [0.05, 0.1) is 5.60 Å². The average molecular weight is 289 g/mol. The van der Waals surface area contributed by atoms with Crippen molar-refractivity contribution in [3.63, 3.8) is 0 Å². The molecule has 1 amide bonds. The summed E-state index contributed by atoms with van der Waals surface area (Å²) < 4.78 is 36.6. The number of hydrogen-bond acceptors (Lipinski definition) is 3. The minimum atomic E-state index is -4.79. The molecule has 0 aromatic carbocycles. The van der Waals surface area contributed by atoms with E-state index in [-0.39, 0.29) is 31.4 Å². The van der Waals surface area contributed by atoms with E-state index in [1.807, 2.05) is 0 Å². The zero-order valence-electron chi connectivity index (χ0n) is 9.66. The zero-order chi connectivity index (χ0) is 12.7. The molecule has 18 heavy (non-hydrogen) atoms. The summed E-state index contributed by atoms with van der Waals surface area (Å²) in [6.07, 6.45) is -3.93. The predicted octanol–water partition coefficient (Wildman–Crippen LogP) is 0.543. The highest BCUT2D eigenvalue weighted by molar-refractivity contribution is 5.85. The van der Waals surface area contributed by atoms with E-state index in [0.717, 1.165) is 4.90 Å². The standard InChI is InChI=1S/C10H15F3N2O2.ClH/c11-10(12,13)8(16)15-3-1-7(2-4-15)9(17)5-14-6-9;/h7,14,17H,1-6H2;1H. The second-order valence-electron chi connectivity index (χ2n) is 4.77. The fourth-order valence-corrected chi connectivity index (χ4v) is 2.47. The first-order valence-electron chi connectivity index (χ1n) is 5.62. The molecule has 2 rings (SSSR count). The minimum Gasteiger partial charge on any atom is -0.387 e. The molecule has 106 valence electrons. The van der Waals surface area contributed by atoms with Gasteiger partial charge in [0.1, 0.15) is 0 Å². The smallest absolute Gasteiger partial charge is 0.387 e. The summed E-state index contributed by atoms with van der Waals surface area (Å²) in [5, 5.41) is 13.0. The van der Waals surface area contributed by atoms with Crippen LogP contribution in [-0.4, -0.2) is 53.9 Å². The van der Waals surface area contributed by atoms with Gasteiger partial charge in [0, 0.05) is 26.2 Å². The van der Waals surface area contributed by atoms with Crippen molar-refractivity contribution in [2.75, 3.05) is 26.2 Å². The number of amides is 1. The van der Waals surface area contributed by atoms with Gasteiger partial charge in [-0.25, -0.2) is 0 Å². The van der Waals surface area contributed by atoms with Gasteiger partial charge >= 0.3 is 12.1 Å². The molecule has 2 aliphatic rings. The molecule has 0 aromatic heterocycles. The minimum absolute atomic E-state index is 0.